The van der Waals surface area contributed by atoms with Crippen LogP contribution in [0.15, 0.2) is 72.0 Å². The maximum atomic E-state index is 13.5. The van der Waals surface area contributed by atoms with E-state index in [9.17, 15) is 9.59 Å². The van der Waals surface area contributed by atoms with E-state index in [2.05, 4.69) is 30.9 Å². The summed E-state index contributed by atoms with van der Waals surface area (Å²) in [4.78, 5) is 42.2. The number of esters is 1. The van der Waals surface area contributed by atoms with E-state index in [1.807, 2.05) is 78.9 Å². The Morgan fingerprint density at radius 3 is 2.40 bits per heavy atom. The summed E-state index contributed by atoms with van der Waals surface area (Å²) in [5, 5.41) is 20.1. The number of hydrogen-bond acceptors (Lipinski definition) is 13. The zero-order valence-electron chi connectivity index (χ0n) is 30.4. The van der Waals surface area contributed by atoms with E-state index in [0.29, 0.717) is 68.6 Å². The SMILES string of the molecule is CCOc1nc2cccc(C(=O)OC(C)OC(=O)OCCCCO/N=[N+](\OC)N(CC)CC)c2n1Cc1ccc(-c2ccccc2-c2nnn[nH]2)cc1. The number of aromatic amines is 1. The van der Waals surface area contributed by atoms with Crippen molar-refractivity contribution < 1.29 is 43.2 Å². The zero-order valence-corrected chi connectivity index (χ0v) is 30.4. The largest absolute Gasteiger partial charge is 0.511 e. The molecule has 53 heavy (non-hydrogen) atoms. The summed E-state index contributed by atoms with van der Waals surface area (Å²) in [5.41, 5.74) is 5.04. The van der Waals surface area contributed by atoms with Crippen molar-refractivity contribution in [2.24, 2.45) is 5.28 Å². The average molecular weight is 731 g/mol. The number of carbonyl (C=O) groups excluding carboxylic acids is 2. The number of fused-ring (bicyclic) bond motifs is 1. The Balaban J connectivity index is 1.20. The van der Waals surface area contributed by atoms with Gasteiger partial charge in [0.1, 0.15) is 6.61 Å². The molecule has 5 aromatic rings. The van der Waals surface area contributed by atoms with Crippen molar-refractivity contribution in [3.63, 3.8) is 0 Å². The van der Waals surface area contributed by atoms with Gasteiger partial charge in [0.05, 0.1) is 49.4 Å². The Labute approximate surface area is 306 Å². The molecule has 0 aliphatic carbocycles. The van der Waals surface area contributed by atoms with E-state index < -0.39 is 18.4 Å². The van der Waals surface area contributed by atoms with Gasteiger partial charge in [-0.15, -0.1) is 10.1 Å². The third-order valence-electron chi connectivity index (χ3n) is 8.01. The number of tetrazole rings is 1. The highest BCUT2D eigenvalue weighted by Gasteiger charge is 2.23. The Bertz CT molecular complexity index is 1960. The molecule has 0 amide bonds. The van der Waals surface area contributed by atoms with Gasteiger partial charge in [-0.2, -0.15) is 4.98 Å². The molecule has 0 aliphatic heterocycles. The molecule has 0 spiro atoms. The van der Waals surface area contributed by atoms with Gasteiger partial charge < -0.3 is 23.8 Å². The molecule has 0 aliphatic rings. The topological polar surface area (TPSA) is 180 Å². The third kappa shape index (κ3) is 9.75. The fourth-order valence-electron chi connectivity index (χ4n) is 5.49. The van der Waals surface area contributed by atoms with Gasteiger partial charge in [-0.25, -0.2) is 19.5 Å². The minimum Gasteiger partial charge on any atom is -0.465 e. The second-order valence-corrected chi connectivity index (χ2v) is 11.5. The van der Waals surface area contributed by atoms with Crippen molar-refractivity contribution in [3.05, 3.63) is 77.9 Å². The van der Waals surface area contributed by atoms with Crippen LogP contribution in [0.5, 0.6) is 6.01 Å². The fourth-order valence-corrected chi connectivity index (χ4v) is 5.49. The number of rotatable bonds is 19. The average Bonchev–Trinajstić information content (AvgIpc) is 3.83. The summed E-state index contributed by atoms with van der Waals surface area (Å²) in [6, 6.07) is 21.3. The predicted octanol–water partition coefficient (Wildman–Crippen LogP) is 5.98. The highest BCUT2D eigenvalue weighted by molar-refractivity contribution is 6.02. The Morgan fingerprint density at radius 1 is 0.943 bits per heavy atom. The number of nitrogens with one attached hydrogen (secondary N) is 1. The van der Waals surface area contributed by atoms with Crippen LogP contribution >= 0.6 is 0 Å². The van der Waals surface area contributed by atoms with Crippen LogP contribution in [-0.4, -0.2) is 98.6 Å². The number of unbranched alkanes of at least 4 members (excludes halogenated alkanes) is 1. The number of imidazole rings is 1. The first kappa shape index (κ1) is 38.0. The lowest BCUT2D eigenvalue weighted by Gasteiger charge is -2.15. The Hall–Kier alpha value is -6.26. The quantitative estimate of drug-likeness (QED) is 0.0262. The minimum atomic E-state index is -1.22. The molecular formula is C36H44N9O8+. The van der Waals surface area contributed by atoms with Crippen molar-refractivity contribution >= 4 is 23.2 Å². The number of benzene rings is 3. The van der Waals surface area contributed by atoms with E-state index in [0.717, 1.165) is 22.3 Å². The molecular weight excluding hydrogens is 686 g/mol. The van der Waals surface area contributed by atoms with Gasteiger partial charge in [-0.05, 0) is 72.9 Å². The van der Waals surface area contributed by atoms with Crippen LogP contribution in [0.25, 0.3) is 33.5 Å². The molecule has 17 nitrogen and oxygen atoms in total. The molecule has 0 radical (unpaired) electrons. The number of hydrogen-bond donors (Lipinski definition) is 1. The van der Waals surface area contributed by atoms with Gasteiger partial charge in [0, 0.05) is 12.5 Å². The van der Waals surface area contributed by atoms with Crippen molar-refractivity contribution in [2.45, 2.75) is 53.4 Å². The molecule has 1 atom stereocenters. The molecule has 3 aromatic carbocycles. The van der Waals surface area contributed by atoms with Crippen LogP contribution in [0.3, 0.4) is 0 Å². The first-order valence-electron chi connectivity index (χ1n) is 17.4. The van der Waals surface area contributed by atoms with E-state index in [-0.39, 0.29) is 12.2 Å². The van der Waals surface area contributed by atoms with Gasteiger partial charge in [0.25, 0.3) is 16.3 Å². The number of ether oxygens (including phenoxy) is 4. The molecule has 5 rings (SSSR count). The number of nitrogens with zero attached hydrogens (tertiary/aromatic N) is 8. The summed E-state index contributed by atoms with van der Waals surface area (Å²) in [5.74, 6) is -0.132. The first-order chi connectivity index (χ1) is 25.9. The Kier molecular flexibility index (Phi) is 13.5. The number of hydrazine groups is 1. The molecule has 0 saturated carbocycles. The summed E-state index contributed by atoms with van der Waals surface area (Å²) in [6.45, 7) is 9.75. The van der Waals surface area contributed by atoms with Crippen LogP contribution in [0, 0.1) is 0 Å². The second kappa shape index (κ2) is 18.8. The van der Waals surface area contributed by atoms with Gasteiger partial charge in [0.2, 0.25) is 6.29 Å². The van der Waals surface area contributed by atoms with E-state index in [4.69, 9.17) is 28.6 Å². The molecule has 0 bridgehead atoms. The lowest BCUT2D eigenvalue weighted by Crippen LogP contribution is -2.33. The molecule has 17 heteroatoms. The monoisotopic (exact) mass is 730 g/mol. The highest BCUT2D eigenvalue weighted by Crippen LogP contribution is 2.31. The zero-order chi connectivity index (χ0) is 37.6. The molecule has 1 N–H and O–H groups in total. The maximum absolute atomic E-state index is 13.5. The van der Waals surface area contributed by atoms with Crippen LogP contribution < -0.4 is 4.74 Å². The Morgan fingerprint density at radius 2 is 1.70 bits per heavy atom. The third-order valence-corrected chi connectivity index (χ3v) is 8.01. The molecule has 2 aromatic heterocycles. The molecule has 0 fully saturated rings. The summed E-state index contributed by atoms with van der Waals surface area (Å²) >= 11 is 0. The number of aromatic nitrogens is 6. The summed E-state index contributed by atoms with van der Waals surface area (Å²) in [6.07, 6.45) is -1.12. The molecule has 1 unspecified atom stereocenters. The van der Waals surface area contributed by atoms with Crippen molar-refractivity contribution in [1.29, 1.82) is 0 Å². The van der Waals surface area contributed by atoms with E-state index in [1.54, 1.807) is 18.2 Å². The van der Waals surface area contributed by atoms with Crippen LogP contribution in [-0.2, 0) is 30.4 Å². The standard InChI is InChI=1S/C36H44N9O8/c1-6-43(7-2)45(48-5)42-51-23-12-11-22-50-36(47)53-25(4)52-34(46)30-16-13-17-31-32(30)44(35(37-31)49-8-3)24-26-18-20-27(21-19-26)28-14-9-10-15-29(28)33-38-40-41-39-33/h9-10,13-21,25H,6-8,11-12,22-24H2,1-5H3,(H,38,39,40,41)/q+1/b45-42-. The highest BCUT2D eigenvalue weighted by atomic mass is 16.8. The van der Waals surface area contributed by atoms with Crippen LogP contribution in [0.4, 0.5) is 4.79 Å². The van der Waals surface area contributed by atoms with Gasteiger partial charge in [-0.1, -0.05) is 54.6 Å². The van der Waals surface area contributed by atoms with Crippen molar-refractivity contribution in [3.8, 4) is 28.5 Å². The fraction of sp³-hybridized carbons (Fsp3) is 0.389. The number of H-pyrrole nitrogens is 1. The number of para-hydroxylation sites is 1. The lowest BCUT2D eigenvalue weighted by molar-refractivity contribution is -0.942. The van der Waals surface area contributed by atoms with Crippen molar-refractivity contribution in [2.75, 3.05) is 40.0 Å². The normalized spacial score (nSPS) is 11.9. The summed E-state index contributed by atoms with van der Waals surface area (Å²) in [7, 11) is 1.50. The second-order valence-electron chi connectivity index (χ2n) is 11.5. The van der Waals surface area contributed by atoms with E-state index >= 15 is 0 Å². The van der Waals surface area contributed by atoms with Gasteiger partial charge in [0.15, 0.2) is 12.9 Å². The summed E-state index contributed by atoms with van der Waals surface area (Å²) < 4.78 is 23.6. The molecule has 280 valence electrons. The molecule has 2 heterocycles. The van der Waals surface area contributed by atoms with Crippen molar-refractivity contribution in [1.82, 2.24) is 35.2 Å². The molecule has 0 saturated heterocycles. The minimum absolute atomic E-state index is 0.0814. The number of carbonyl (C=O) groups is 2. The van der Waals surface area contributed by atoms with Crippen LogP contribution in [0.1, 0.15) is 56.5 Å². The van der Waals surface area contributed by atoms with Gasteiger partial charge in [-0.3, -0.25) is 4.57 Å². The van der Waals surface area contributed by atoms with Crippen LogP contribution in [0.2, 0.25) is 0 Å². The first-order valence-corrected chi connectivity index (χ1v) is 17.4. The predicted molar refractivity (Wildman–Crippen MR) is 190 cm³/mol. The lowest BCUT2D eigenvalue weighted by atomic mass is 9.98. The smallest absolute Gasteiger partial charge is 0.465 e. The van der Waals surface area contributed by atoms with Gasteiger partial charge >= 0.3 is 12.1 Å². The van der Waals surface area contributed by atoms with E-state index in [1.165, 1.54) is 19.0 Å². The maximum Gasteiger partial charge on any atom is 0.511 e.